The van der Waals surface area contributed by atoms with Crippen LogP contribution >= 0.6 is 0 Å². The molecule has 1 aliphatic rings. The van der Waals surface area contributed by atoms with Gasteiger partial charge in [0.1, 0.15) is 0 Å². The minimum atomic E-state index is -3.03. The molecule has 1 aromatic rings. The van der Waals surface area contributed by atoms with Gasteiger partial charge in [0.2, 0.25) is 0 Å². The molecule has 1 amide bonds. The standard InChI is InChI=1S/C12H17N3O3S/c1-9-7-11(13)10(8-14-9)12(16)15-3-2-5-19(17,18)6-4-15/h7-8H,2-6H2,1H3,(H2,13,14). The van der Waals surface area contributed by atoms with Crippen molar-refractivity contribution in [3.8, 4) is 0 Å². The van der Waals surface area contributed by atoms with Gasteiger partial charge in [0, 0.05) is 30.7 Å². The maximum absolute atomic E-state index is 12.3. The third-order valence-electron chi connectivity index (χ3n) is 3.15. The highest BCUT2D eigenvalue weighted by molar-refractivity contribution is 7.91. The average Bonchev–Trinajstić information content (AvgIpc) is 2.49. The van der Waals surface area contributed by atoms with Crippen molar-refractivity contribution in [2.24, 2.45) is 0 Å². The highest BCUT2D eigenvalue weighted by atomic mass is 32.2. The van der Waals surface area contributed by atoms with E-state index in [4.69, 9.17) is 5.73 Å². The van der Waals surface area contributed by atoms with Gasteiger partial charge >= 0.3 is 0 Å². The number of amides is 1. The molecule has 0 spiro atoms. The first-order valence-electron chi connectivity index (χ1n) is 6.11. The van der Waals surface area contributed by atoms with Crippen LogP contribution in [0.1, 0.15) is 22.5 Å². The molecule has 0 radical (unpaired) electrons. The van der Waals surface area contributed by atoms with Gasteiger partial charge in [-0.15, -0.1) is 0 Å². The predicted octanol–water partition coefficient (Wildman–Crippen LogP) is 0.233. The molecular formula is C12H17N3O3S. The Kier molecular flexibility index (Phi) is 3.75. The van der Waals surface area contributed by atoms with Crippen molar-refractivity contribution >= 4 is 21.4 Å². The second-order valence-electron chi connectivity index (χ2n) is 4.71. The van der Waals surface area contributed by atoms with Gasteiger partial charge in [-0.3, -0.25) is 9.78 Å². The Labute approximate surface area is 112 Å². The van der Waals surface area contributed by atoms with Gasteiger partial charge in [-0.05, 0) is 19.4 Å². The summed E-state index contributed by atoms with van der Waals surface area (Å²) in [5, 5.41) is 0. The van der Waals surface area contributed by atoms with Crippen LogP contribution in [0.5, 0.6) is 0 Å². The molecule has 104 valence electrons. The van der Waals surface area contributed by atoms with Crippen molar-refractivity contribution in [3.05, 3.63) is 23.5 Å². The summed E-state index contributed by atoms with van der Waals surface area (Å²) in [6, 6.07) is 1.64. The van der Waals surface area contributed by atoms with Gasteiger partial charge in [0.15, 0.2) is 9.84 Å². The lowest BCUT2D eigenvalue weighted by molar-refractivity contribution is 0.0769. The lowest BCUT2D eigenvalue weighted by Gasteiger charge is -2.20. The van der Waals surface area contributed by atoms with Crippen LogP contribution in [0.25, 0.3) is 0 Å². The number of nitrogens with zero attached hydrogens (tertiary/aromatic N) is 2. The molecule has 1 aromatic heterocycles. The van der Waals surface area contributed by atoms with Gasteiger partial charge in [-0.25, -0.2) is 8.42 Å². The molecule has 2 rings (SSSR count). The summed E-state index contributed by atoms with van der Waals surface area (Å²) in [6.45, 7) is 2.45. The molecule has 0 atom stereocenters. The number of carbonyl (C=O) groups excluding carboxylic acids is 1. The fourth-order valence-electron chi connectivity index (χ4n) is 2.07. The number of hydrogen-bond donors (Lipinski definition) is 1. The number of aromatic nitrogens is 1. The molecule has 0 aliphatic carbocycles. The SMILES string of the molecule is Cc1cc(N)c(C(=O)N2CCCS(=O)(=O)CC2)cn1. The molecule has 2 heterocycles. The number of aryl methyl sites for hydroxylation is 1. The Bertz CT molecular complexity index is 598. The molecule has 2 N–H and O–H groups in total. The van der Waals surface area contributed by atoms with Crippen molar-refractivity contribution in [1.29, 1.82) is 0 Å². The van der Waals surface area contributed by atoms with Crippen LogP contribution in [0.3, 0.4) is 0 Å². The molecule has 6 nitrogen and oxygen atoms in total. The first-order chi connectivity index (χ1) is 8.89. The first-order valence-corrected chi connectivity index (χ1v) is 7.93. The summed E-state index contributed by atoms with van der Waals surface area (Å²) < 4.78 is 23.0. The van der Waals surface area contributed by atoms with E-state index in [1.54, 1.807) is 13.0 Å². The van der Waals surface area contributed by atoms with Crippen molar-refractivity contribution < 1.29 is 13.2 Å². The molecule has 0 bridgehead atoms. The van der Waals surface area contributed by atoms with Crippen molar-refractivity contribution in [2.45, 2.75) is 13.3 Å². The van der Waals surface area contributed by atoms with E-state index in [-0.39, 0.29) is 24.0 Å². The van der Waals surface area contributed by atoms with Gasteiger partial charge in [0.05, 0.1) is 17.1 Å². The number of anilines is 1. The minimum Gasteiger partial charge on any atom is -0.398 e. The van der Waals surface area contributed by atoms with Gasteiger partial charge in [-0.2, -0.15) is 0 Å². The summed E-state index contributed by atoms with van der Waals surface area (Å²) in [6.07, 6.45) is 1.92. The third kappa shape index (κ3) is 3.23. The molecule has 0 saturated carbocycles. The maximum Gasteiger partial charge on any atom is 0.257 e. The van der Waals surface area contributed by atoms with Crippen molar-refractivity contribution in [2.75, 3.05) is 30.3 Å². The fraction of sp³-hybridized carbons (Fsp3) is 0.500. The Hall–Kier alpha value is -1.63. The largest absolute Gasteiger partial charge is 0.398 e. The zero-order valence-corrected chi connectivity index (χ0v) is 11.6. The van der Waals surface area contributed by atoms with Crippen LogP contribution in [0, 0.1) is 6.92 Å². The van der Waals surface area contributed by atoms with E-state index >= 15 is 0 Å². The summed E-state index contributed by atoms with van der Waals surface area (Å²) >= 11 is 0. The lowest BCUT2D eigenvalue weighted by Crippen LogP contribution is -2.34. The van der Waals surface area contributed by atoms with Crippen LogP contribution in [-0.2, 0) is 9.84 Å². The molecule has 1 saturated heterocycles. The second kappa shape index (κ2) is 5.16. The first kappa shape index (κ1) is 13.8. The highest BCUT2D eigenvalue weighted by Crippen LogP contribution is 2.16. The Morgan fingerprint density at radius 1 is 1.37 bits per heavy atom. The number of nitrogens with two attached hydrogens (primary N) is 1. The quantitative estimate of drug-likeness (QED) is 0.796. The third-order valence-corrected chi connectivity index (χ3v) is 4.86. The molecule has 19 heavy (non-hydrogen) atoms. The molecule has 1 aliphatic heterocycles. The Balaban J connectivity index is 2.20. The van der Waals surface area contributed by atoms with Crippen LogP contribution in [0.15, 0.2) is 12.3 Å². The van der Waals surface area contributed by atoms with E-state index < -0.39 is 9.84 Å². The second-order valence-corrected chi connectivity index (χ2v) is 7.01. The minimum absolute atomic E-state index is 0.0118. The summed E-state index contributed by atoms with van der Waals surface area (Å²) in [5.41, 5.74) is 7.28. The van der Waals surface area contributed by atoms with E-state index in [0.29, 0.717) is 24.2 Å². The van der Waals surface area contributed by atoms with E-state index in [0.717, 1.165) is 5.69 Å². The zero-order valence-electron chi connectivity index (χ0n) is 10.8. The average molecular weight is 283 g/mol. The van der Waals surface area contributed by atoms with Crippen LogP contribution in [-0.4, -0.2) is 48.8 Å². The smallest absolute Gasteiger partial charge is 0.257 e. The monoisotopic (exact) mass is 283 g/mol. The number of carbonyl (C=O) groups is 1. The van der Waals surface area contributed by atoms with E-state index in [9.17, 15) is 13.2 Å². The van der Waals surface area contributed by atoms with Crippen molar-refractivity contribution in [1.82, 2.24) is 9.88 Å². The maximum atomic E-state index is 12.3. The van der Waals surface area contributed by atoms with Crippen LogP contribution in [0.4, 0.5) is 5.69 Å². The predicted molar refractivity (Wildman–Crippen MR) is 72.6 cm³/mol. The molecule has 1 fully saturated rings. The number of sulfone groups is 1. The summed E-state index contributed by atoms with van der Waals surface area (Å²) in [7, 11) is -3.03. The summed E-state index contributed by atoms with van der Waals surface area (Å²) in [5.74, 6) is -0.0989. The number of rotatable bonds is 1. The van der Waals surface area contributed by atoms with E-state index in [2.05, 4.69) is 4.98 Å². The van der Waals surface area contributed by atoms with Crippen molar-refractivity contribution in [3.63, 3.8) is 0 Å². The number of hydrogen-bond acceptors (Lipinski definition) is 5. The zero-order chi connectivity index (χ0) is 14.0. The van der Waals surface area contributed by atoms with Crippen LogP contribution in [0.2, 0.25) is 0 Å². The molecular weight excluding hydrogens is 266 g/mol. The lowest BCUT2D eigenvalue weighted by atomic mass is 10.2. The van der Waals surface area contributed by atoms with E-state index in [1.165, 1.54) is 11.1 Å². The topological polar surface area (TPSA) is 93.4 Å². The normalized spacial score (nSPS) is 18.9. The van der Waals surface area contributed by atoms with Gasteiger partial charge < -0.3 is 10.6 Å². The van der Waals surface area contributed by atoms with E-state index in [1.807, 2.05) is 0 Å². The number of pyridine rings is 1. The number of nitrogen functional groups attached to an aromatic ring is 1. The summed E-state index contributed by atoms with van der Waals surface area (Å²) in [4.78, 5) is 17.9. The highest BCUT2D eigenvalue weighted by Gasteiger charge is 2.24. The van der Waals surface area contributed by atoms with Gasteiger partial charge in [-0.1, -0.05) is 0 Å². The Morgan fingerprint density at radius 3 is 2.79 bits per heavy atom. The van der Waals surface area contributed by atoms with Gasteiger partial charge in [0.25, 0.3) is 5.91 Å². The molecule has 0 aromatic carbocycles. The molecule has 7 heteroatoms. The Morgan fingerprint density at radius 2 is 2.11 bits per heavy atom. The molecule has 0 unspecified atom stereocenters. The van der Waals surface area contributed by atoms with Crippen LogP contribution < -0.4 is 5.73 Å². The fourth-order valence-corrected chi connectivity index (χ4v) is 3.34.